The Morgan fingerprint density at radius 3 is 2.59 bits per heavy atom. The molecule has 1 amide bonds. The Bertz CT molecular complexity index is 844. The van der Waals surface area contributed by atoms with E-state index in [2.05, 4.69) is 9.97 Å². The van der Waals surface area contributed by atoms with Crippen LogP contribution >= 0.6 is 11.6 Å². The lowest BCUT2D eigenvalue weighted by Crippen LogP contribution is -2.40. The molecule has 1 aromatic carbocycles. The summed E-state index contributed by atoms with van der Waals surface area (Å²) in [5.41, 5.74) is 1.83. The smallest absolute Gasteiger partial charge is 0.410 e. The third kappa shape index (κ3) is 6.87. The van der Waals surface area contributed by atoms with Gasteiger partial charge in [-0.1, -0.05) is 23.7 Å². The first-order valence-electron chi connectivity index (χ1n) is 9.32. The Labute approximate surface area is 176 Å². The molecule has 0 radical (unpaired) electrons. The fourth-order valence-electron chi connectivity index (χ4n) is 2.42. The molecule has 0 unspecified atom stereocenters. The van der Waals surface area contributed by atoms with Gasteiger partial charge in [0, 0.05) is 23.9 Å². The van der Waals surface area contributed by atoms with E-state index in [9.17, 15) is 9.90 Å². The van der Waals surface area contributed by atoms with Crippen molar-refractivity contribution >= 4 is 17.7 Å². The van der Waals surface area contributed by atoms with Crippen molar-refractivity contribution in [2.75, 3.05) is 20.2 Å². The Kier molecular flexibility index (Phi) is 7.43. The molecular formula is C21H28ClN3O4. The minimum absolute atomic E-state index is 0.0190. The number of hydrogen-bond donors (Lipinski definition) is 1. The van der Waals surface area contributed by atoms with Crippen LogP contribution in [-0.2, 0) is 4.74 Å². The molecule has 0 aliphatic carbocycles. The standard InChI is InChI=1S/C21H28ClN3O4/c1-13-14(2)23-19(24-18(13)22)15-8-7-9-17(10-15)28-12-16(26)11-25(6)20(27)29-21(3,4)5/h7-10,16,26H,11-12H2,1-6H3/t16-/m0/s1. The summed E-state index contributed by atoms with van der Waals surface area (Å²) in [6.45, 7) is 9.23. The summed E-state index contributed by atoms with van der Waals surface area (Å²) in [5.74, 6) is 1.06. The molecule has 1 heterocycles. The van der Waals surface area contributed by atoms with Crippen LogP contribution in [0.4, 0.5) is 4.79 Å². The number of amides is 1. The highest BCUT2D eigenvalue weighted by atomic mass is 35.5. The Morgan fingerprint density at radius 2 is 1.97 bits per heavy atom. The molecule has 2 aromatic rings. The van der Waals surface area contributed by atoms with Gasteiger partial charge in [0.15, 0.2) is 5.82 Å². The molecule has 0 bridgehead atoms. The third-order valence-corrected chi connectivity index (χ3v) is 4.42. The molecule has 0 aliphatic rings. The highest BCUT2D eigenvalue weighted by molar-refractivity contribution is 6.30. The van der Waals surface area contributed by atoms with Gasteiger partial charge < -0.3 is 19.5 Å². The number of carbonyl (C=O) groups is 1. The number of nitrogens with zero attached hydrogens (tertiary/aromatic N) is 3. The Hall–Kier alpha value is -2.38. The van der Waals surface area contributed by atoms with Gasteiger partial charge in [-0.05, 0) is 46.8 Å². The summed E-state index contributed by atoms with van der Waals surface area (Å²) in [6, 6.07) is 7.23. The van der Waals surface area contributed by atoms with Crippen molar-refractivity contribution in [1.29, 1.82) is 0 Å². The van der Waals surface area contributed by atoms with E-state index < -0.39 is 17.8 Å². The van der Waals surface area contributed by atoms with Gasteiger partial charge in [-0.3, -0.25) is 0 Å². The molecule has 0 spiro atoms. The zero-order valence-corrected chi connectivity index (χ0v) is 18.4. The molecule has 158 valence electrons. The maximum atomic E-state index is 12.0. The van der Waals surface area contributed by atoms with Crippen LogP contribution in [0, 0.1) is 13.8 Å². The third-order valence-electron chi connectivity index (χ3n) is 4.05. The molecule has 8 heteroatoms. The van der Waals surface area contributed by atoms with Crippen LogP contribution in [-0.4, -0.2) is 58.0 Å². The number of hydrogen-bond acceptors (Lipinski definition) is 6. The highest BCUT2D eigenvalue weighted by Gasteiger charge is 2.21. The number of rotatable bonds is 6. The van der Waals surface area contributed by atoms with Crippen molar-refractivity contribution in [2.45, 2.75) is 46.3 Å². The highest BCUT2D eigenvalue weighted by Crippen LogP contribution is 2.24. The SMILES string of the molecule is Cc1nc(-c2cccc(OC[C@@H](O)CN(C)C(=O)OC(C)(C)C)c2)nc(Cl)c1C. The summed E-state index contributed by atoms with van der Waals surface area (Å²) < 4.78 is 10.9. The number of aliphatic hydroxyl groups is 1. The molecule has 0 saturated carbocycles. The summed E-state index contributed by atoms with van der Waals surface area (Å²) >= 11 is 6.17. The second-order valence-corrected chi connectivity index (χ2v) is 8.26. The number of halogens is 1. The summed E-state index contributed by atoms with van der Waals surface area (Å²) in [7, 11) is 1.57. The molecule has 1 atom stereocenters. The van der Waals surface area contributed by atoms with E-state index >= 15 is 0 Å². The van der Waals surface area contributed by atoms with Crippen LogP contribution in [0.1, 0.15) is 32.0 Å². The van der Waals surface area contributed by atoms with Crippen LogP contribution in [0.5, 0.6) is 5.75 Å². The normalized spacial score (nSPS) is 12.4. The second kappa shape index (κ2) is 9.41. The van der Waals surface area contributed by atoms with E-state index in [0.29, 0.717) is 16.7 Å². The summed E-state index contributed by atoms with van der Waals surface area (Å²) in [6.07, 6.45) is -1.37. The van der Waals surface area contributed by atoms with Gasteiger partial charge in [0.25, 0.3) is 0 Å². The van der Waals surface area contributed by atoms with Gasteiger partial charge in [0.1, 0.15) is 29.2 Å². The zero-order valence-electron chi connectivity index (χ0n) is 17.7. The predicted octanol–water partition coefficient (Wildman–Crippen LogP) is 4.02. The average molecular weight is 422 g/mol. The molecule has 29 heavy (non-hydrogen) atoms. The number of benzene rings is 1. The Morgan fingerprint density at radius 1 is 1.28 bits per heavy atom. The van der Waals surface area contributed by atoms with Crippen LogP contribution in [0.2, 0.25) is 5.15 Å². The Balaban J connectivity index is 1.98. The van der Waals surface area contributed by atoms with Gasteiger partial charge in [-0.25, -0.2) is 14.8 Å². The fraction of sp³-hybridized carbons (Fsp3) is 0.476. The molecule has 2 rings (SSSR count). The number of carbonyl (C=O) groups excluding carboxylic acids is 1. The molecule has 0 fully saturated rings. The molecular weight excluding hydrogens is 394 g/mol. The molecule has 0 saturated heterocycles. The van der Waals surface area contributed by atoms with E-state index in [0.717, 1.165) is 16.8 Å². The van der Waals surface area contributed by atoms with Crippen LogP contribution in [0.25, 0.3) is 11.4 Å². The quantitative estimate of drug-likeness (QED) is 0.709. The van der Waals surface area contributed by atoms with Gasteiger partial charge in [0.05, 0.1) is 6.54 Å². The number of aryl methyl sites for hydroxylation is 1. The molecule has 0 aliphatic heterocycles. The maximum absolute atomic E-state index is 12.0. The van der Waals surface area contributed by atoms with Crippen molar-refractivity contribution in [3.63, 3.8) is 0 Å². The van der Waals surface area contributed by atoms with Gasteiger partial charge in [0.2, 0.25) is 0 Å². The topological polar surface area (TPSA) is 84.8 Å². The van der Waals surface area contributed by atoms with Gasteiger partial charge in [-0.15, -0.1) is 0 Å². The number of aromatic nitrogens is 2. The minimum Gasteiger partial charge on any atom is -0.491 e. The zero-order chi connectivity index (χ0) is 21.8. The molecule has 1 N–H and O–H groups in total. The summed E-state index contributed by atoms with van der Waals surface area (Å²) in [4.78, 5) is 22.1. The van der Waals surface area contributed by atoms with E-state index in [4.69, 9.17) is 21.1 Å². The first-order valence-corrected chi connectivity index (χ1v) is 9.70. The average Bonchev–Trinajstić information content (AvgIpc) is 2.63. The predicted molar refractivity (Wildman–Crippen MR) is 112 cm³/mol. The van der Waals surface area contributed by atoms with Gasteiger partial charge in [-0.2, -0.15) is 0 Å². The van der Waals surface area contributed by atoms with Crippen LogP contribution in [0.3, 0.4) is 0 Å². The lowest BCUT2D eigenvalue weighted by molar-refractivity contribution is 0.0154. The van der Waals surface area contributed by atoms with Crippen molar-refractivity contribution in [3.05, 3.63) is 40.7 Å². The number of likely N-dealkylation sites (N-methyl/N-ethyl adjacent to an activating group) is 1. The molecule has 7 nitrogen and oxygen atoms in total. The van der Waals surface area contributed by atoms with E-state index in [1.165, 1.54) is 4.90 Å². The maximum Gasteiger partial charge on any atom is 0.410 e. The first kappa shape index (κ1) is 22.9. The number of aliphatic hydroxyl groups excluding tert-OH is 1. The second-order valence-electron chi connectivity index (χ2n) is 7.90. The van der Waals surface area contributed by atoms with Crippen molar-refractivity contribution in [2.24, 2.45) is 0 Å². The minimum atomic E-state index is -0.872. The van der Waals surface area contributed by atoms with Crippen molar-refractivity contribution in [1.82, 2.24) is 14.9 Å². The van der Waals surface area contributed by atoms with Crippen LogP contribution in [0.15, 0.2) is 24.3 Å². The van der Waals surface area contributed by atoms with Gasteiger partial charge >= 0.3 is 6.09 Å². The van der Waals surface area contributed by atoms with Crippen LogP contribution < -0.4 is 4.74 Å². The largest absolute Gasteiger partial charge is 0.491 e. The monoisotopic (exact) mass is 421 g/mol. The van der Waals surface area contributed by atoms with E-state index in [1.807, 2.05) is 26.0 Å². The van der Waals surface area contributed by atoms with Crippen molar-refractivity contribution < 1.29 is 19.4 Å². The van der Waals surface area contributed by atoms with E-state index in [-0.39, 0.29) is 13.2 Å². The summed E-state index contributed by atoms with van der Waals surface area (Å²) in [5, 5.41) is 10.6. The fourth-order valence-corrected chi connectivity index (χ4v) is 2.64. The molecule has 1 aromatic heterocycles. The van der Waals surface area contributed by atoms with Crippen molar-refractivity contribution in [3.8, 4) is 17.1 Å². The lowest BCUT2D eigenvalue weighted by atomic mass is 10.2. The first-order chi connectivity index (χ1) is 13.5. The van der Waals surface area contributed by atoms with E-state index in [1.54, 1.807) is 40.0 Å². The number of ether oxygens (including phenoxy) is 2. The lowest BCUT2D eigenvalue weighted by Gasteiger charge is -2.26.